The number of carbonyl (C=O) groups excluding carboxylic acids is 1. The van der Waals surface area contributed by atoms with E-state index in [-0.39, 0.29) is 12.5 Å². The molecular formula is C22H25N3O2. The number of rotatable bonds is 5. The Morgan fingerprint density at radius 3 is 2.63 bits per heavy atom. The maximum atomic E-state index is 12.0. The molecule has 0 aliphatic heterocycles. The summed E-state index contributed by atoms with van der Waals surface area (Å²) in [7, 11) is 1.74. The van der Waals surface area contributed by atoms with Crippen LogP contribution in [0.5, 0.6) is 5.75 Å². The molecule has 2 N–H and O–H groups in total. The van der Waals surface area contributed by atoms with E-state index in [1.54, 1.807) is 11.9 Å². The summed E-state index contributed by atoms with van der Waals surface area (Å²) in [6.07, 6.45) is 0. The summed E-state index contributed by atoms with van der Waals surface area (Å²) in [6.45, 7) is 6.40. The second-order valence-corrected chi connectivity index (χ2v) is 6.72. The van der Waals surface area contributed by atoms with Gasteiger partial charge in [-0.15, -0.1) is 0 Å². The molecule has 0 aliphatic rings. The van der Waals surface area contributed by atoms with E-state index < -0.39 is 0 Å². The number of amides is 1. The zero-order chi connectivity index (χ0) is 19.6. The molecule has 0 radical (unpaired) electrons. The van der Waals surface area contributed by atoms with Crippen molar-refractivity contribution < 1.29 is 9.53 Å². The Kier molecular flexibility index (Phi) is 5.42. The van der Waals surface area contributed by atoms with Crippen LogP contribution in [0.3, 0.4) is 0 Å². The van der Waals surface area contributed by atoms with Crippen molar-refractivity contribution in [2.24, 2.45) is 5.73 Å². The van der Waals surface area contributed by atoms with Crippen LogP contribution < -0.4 is 15.4 Å². The lowest BCUT2D eigenvalue weighted by molar-refractivity contribution is -0.117. The molecule has 3 rings (SSSR count). The van der Waals surface area contributed by atoms with Crippen molar-refractivity contribution in [3.05, 3.63) is 64.8 Å². The molecule has 2 aromatic carbocycles. The van der Waals surface area contributed by atoms with Gasteiger partial charge < -0.3 is 15.4 Å². The Morgan fingerprint density at radius 1 is 1.15 bits per heavy atom. The highest BCUT2D eigenvalue weighted by Gasteiger charge is 2.16. The number of pyridine rings is 1. The van der Waals surface area contributed by atoms with E-state index >= 15 is 0 Å². The summed E-state index contributed by atoms with van der Waals surface area (Å²) in [6, 6.07) is 14.0. The molecule has 0 atom stereocenters. The first-order valence-electron chi connectivity index (χ1n) is 8.97. The number of anilines is 1. The lowest BCUT2D eigenvalue weighted by Gasteiger charge is -2.22. The minimum Gasteiger partial charge on any atom is -0.487 e. The number of para-hydroxylation sites is 1. The van der Waals surface area contributed by atoms with Crippen molar-refractivity contribution in [3.63, 3.8) is 0 Å². The zero-order valence-electron chi connectivity index (χ0n) is 16.2. The summed E-state index contributed by atoms with van der Waals surface area (Å²) in [5, 5.41) is 1.05. The van der Waals surface area contributed by atoms with E-state index in [9.17, 15) is 4.79 Å². The number of hydrogen-bond acceptors (Lipinski definition) is 4. The Hall–Kier alpha value is -2.92. The number of fused-ring (bicyclic) bond motifs is 1. The number of carbonyl (C=O) groups is 1. The first-order valence-corrected chi connectivity index (χ1v) is 8.97. The highest BCUT2D eigenvalue weighted by Crippen LogP contribution is 2.28. The zero-order valence-corrected chi connectivity index (χ0v) is 16.2. The van der Waals surface area contributed by atoms with E-state index in [2.05, 4.69) is 4.98 Å². The molecule has 0 saturated carbocycles. The lowest BCUT2D eigenvalue weighted by Crippen LogP contribution is -2.33. The number of ether oxygens (including phenoxy) is 1. The summed E-state index contributed by atoms with van der Waals surface area (Å²) < 4.78 is 6.12. The number of hydrogen-bond donors (Lipinski definition) is 1. The van der Waals surface area contributed by atoms with Crippen molar-refractivity contribution in [1.82, 2.24) is 4.98 Å². The van der Waals surface area contributed by atoms with Crippen LogP contribution in [0.15, 0.2) is 42.5 Å². The maximum absolute atomic E-state index is 12.0. The molecule has 0 aliphatic carbocycles. The molecule has 27 heavy (non-hydrogen) atoms. The van der Waals surface area contributed by atoms with Crippen molar-refractivity contribution in [1.29, 1.82) is 0 Å². The average Bonchev–Trinajstić information content (AvgIpc) is 2.67. The number of aryl methyl sites for hydroxylation is 2. The third kappa shape index (κ3) is 3.78. The number of benzene rings is 2. The fraction of sp³-hybridized carbons (Fsp3) is 0.273. The van der Waals surface area contributed by atoms with Gasteiger partial charge in [-0.25, -0.2) is 4.98 Å². The van der Waals surface area contributed by atoms with E-state index in [0.717, 1.165) is 44.7 Å². The van der Waals surface area contributed by atoms with Gasteiger partial charge in [-0.05, 0) is 55.7 Å². The van der Waals surface area contributed by atoms with Crippen LogP contribution in [0.2, 0.25) is 0 Å². The Morgan fingerprint density at radius 2 is 1.89 bits per heavy atom. The van der Waals surface area contributed by atoms with Crippen LogP contribution in [0, 0.1) is 20.8 Å². The smallest absolute Gasteiger partial charge is 0.240 e. The van der Waals surface area contributed by atoms with Crippen molar-refractivity contribution in [2.45, 2.75) is 27.4 Å². The minimum absolute atomic E-state index is 0.0163. The second-order valence-electron chi connectivity index (χ2n) is 6.72. The molecule has 0 unspecified atom stereocenters. The van der Waals surface area contributed by atoms with E-state index in [1.165, 1.54) is 0 Å². The van der Waals surface area contributed by atoms with Gasteiger partial charge in [0, 0.05) is 18.1 Å². The second kappa shape index (κ2) is 7.76. The SMILES string of the molecule is Cc1ccc(N(C)C(=O)CN)c(C)c1COc1cc2ccccc2nc1C. The minimum atomic E-state index is -0.122. The predicted octanol–water partition coefficient (Wildman–Crippen LogP) is 3.66. The number of nitrogens with zero attached hydrogens (tertiary/aromatic N) is 2. The Bertz CT molecular complexity index is 998. The highest BCUT2D eigenvalue weighted by molar-refractivity contribution is 5.95. The summed E-state index contributed by atoms with van der Waals surface area (Å²) >= 11 is 0. The van der Waals surface area contributed by atoms with E-state index in [1.807, 2.05) is 63.2 Å². The van der Waals surface area contributed by atoms with Gasteiger partial charge in [0.2, 0.25) is 5.91 Å². The third-order valence-corrected chi connectivity index (χ3v) is 4.95. The monoisotopic (exact) mass is 363 g/mol. The maximum Gasteiger partial charge on any atom is 0.240 e. The molecule has 1 amide bonds. The van der Waals surface area contributed by atoms with E-state index in [0.29, 0.717) is 6.61 Å². The number of likely N-dealkylation sites (N-methyl/N-ethyl adjacent to an activating group) is 1. The van der Waals surface area contributed by atoms with Gasteiger partial charge in [-0.2, -0.15) is 0 Å². The molecule has 5 heteroatoms. The summed E-state index contributed by atoms with van der Waals surface area (Å²) in [5.41, 5.74) is 11.4. The van der Waals surface area contributed by atoms with Gasteiger partial charge in [0.15, 0.2) is 0 Å². The van der Waals surface area contributed by atoms with Crippen LogP contribution in [0.4, 0.5) is 5.69 Å². The molecular weight excluding hydrogens is 338 g/mol. The number of aromatic nitrogens is 1. The van der Waals surface area contributed by atoms with Gasteiger partial charge in [0.25, 0.3) is 0 Å². The van der Waals surface area contributed by atoms with Gasteiger partial charge in [-0.1, -0.05) is 24.3 Å². The normalized spacial score (nSPS) is 10.9. The van der Waals surface area contributed by atoms with Crippen LogP contribution in [-0.2, 0) is 11.4 Å². The predicted molar refractivity (Wildman–Crippen MR) is 109 cm³/mol. The molecule has 3 aromatic rings. The van der Waals surface area contributed by atoms with Crippen molar-refractivity contribution >= 4 is 22.5 Å². The summed E-state index contributed by atoms with van der Waals surface area (Å²) in [4.78, 5) is 18.2. The highest BCUT2D eigenvalue weighted by atomic mass is 16.5. The van der Waals surface area contributed by atoms with Gasteiger partial charge in [-0.3, -0.25) is 4.79 Å². The molecule has 1 heterocycles. The molecule has 140 valence electrons. The molecule has 0 fully saturated rings. The van der Waals surface area contributed by atoms with Crippen LogP contribution in [0.1, 0.15) is 22.4 Å². The fourth-order valence-electron chi connectivity index (χ4n) is 3.23. The topological polar surface area (TPSA) is 68.5 Å². The van der Waals surface area contributed by atoms with Crippen LogP contribution in [0.25, 0.3) is 10.9 Å². The van der Waals surface area contributed by atoms with Gasteiger partial charge in [0.1, 0.15) is 12.4 Å². The van der Waals surface area contributed by atoms with E-state index in [4.69, 9.17) is 10.5 Å². The standard InChI is InChI=1S/C22H25N3O2/c1-14-9-10-20(25(4)22(26)12-23)15(2)18(14)13-27-21-11-17-7-5-6-8-19(17)24-16(21)3/h5-11H,12-13,23H2,1-4H3. The first-order chi connectivity index (χ1) is 12.9. The first kappa shape index (κ1) is 18.9. The molecule has 0 bridgehead atoms. The van der Waals surface area contributed by atoms with Crippen molar-refractivity contribution in [2.75, 3.05) is 18.5 Å². The molecule has 0 saturated heterocycles. The van der Waals surface area contributed by atoms with Crippen LogP contribution >= 0.6 is 0 Å². The largest absolute Gasteiger partial charge is 0.487 e. The molecule has 0 spiro atoms. The average molecular weight is 363 g/mol. The molecule has 1 aromatic heterocycles. The van der Waals surface area contributed by atoms with Crippen LogP contribution in [-0.4, -0.2) is 24.5 Å². The van der Waals surface area contributed by atoms with Gasteiger partial charge >= 0.3 is 0 Å². The Labute approximate surface area is 159 Å². The van der Waals surface area contributed by atoms with Crippen molar-refractivity contribution in [3.8, 4) is 5.75 Å². The molecule has 5 nitrogen and oxygen atoms in total. The number of nitrogens with two attached hydrogens (primary N) is 1. The fourth-order valence-corrected chi connectivity index (χ4v) is 3.23. The quantitative estimate of drug-likeness (QED) is 0.751. The third-order valence-electron chi connectivity index (χ3n) is 4.95. The Balaban J connectivity index is 1.90. The lowest BCUT2D eigenvalue weighted by atomic mass is 10.0. The van der Waals surface area contributed by atoms with Gasteiger partial charge in [0.05, 0.1) is 17.8 Å². The summed E-state index contributed by atoms with van der Waals surface area (Å²) in [5.74, 6) is 0.646.